The van der Waals surface area contributed by atoms with E-state index in [9.17, 15) is 13.6 Å². The summed E-state index contributed by atoms with van der Waals surface area (Å²) in [5, 5.41) is 14.4. The number of alkyl halides is 1. The average Bonchev–Trinajstić information content (AvgIpc) is 3.57. The Morgan fingerprint density at radius 1 is 1.19 bits per heavy atom. The smallest absolute Gasteiger partial charge is 0.242 e. The molecule has 3 aromatic rings. The number of nitrogens with zero attached hydrogens (tertiary/aromatic N) is 4. The van der Waals surface area contributed by atoms with Gasteiger partial charge >= 0.3 is 0 Å². The van der Waals surface area contributed by atoms with E-state index in [1.807, 2.05) is 59.8 Å². The number of aryl methyl sites for hydroxylation is 1. The number of amides is 1. The summed E-state index contributed by atoms with van der Waals surface area (Å²) >= 11 is 0. The van der Waals surface area contributed by atoms with Gasteiger partial charge in [-0.1, -0.05) is 31.5 Å². The third-order valence-electron chi connectivity index (χ3n) is 7.67. The quantitative estimate of drug-likeness (QED) is 0.249. The molecule has 1 fully saturated rings. The molecular weight excluding hydrogens is 536 g/mol. The predicted molar refractivity (Wildman–Crippen MR) is 161 cm³/mol. The molecule has 0 spiro atoms. The molecule has 8 nitrogen and oxygen atoms in total. The van der Waals surface area contributed by atoms with Gasteiger partial charge in [0, 0.05) is 25.3 Å². The Morgan fingerprint density at radius 3 is 2.86 bits per heavy atom. The lowest BCUT2D eigenvalue weighted by Gasteiger charge is -2.30. The third-order valence-corrected chi connectivity index (χ3v) is 7.67. The van der Waals surface area contributed by atoms with Crippen LogP contribution in [0.25, 0.3) is 5.69 Å². The standard InChI is InChI=1S/C32H39F2N7O/c1-3-6-29(37-28-10-9-23-15-26(33)18-27(34)16-25(23)17-28)32(42)38-31-20-40(21-36-31)30-8-5-4-7-24(30)19-35-12-14-41-13-11-22(2)39-41/h4-5,7-8,11,13,15-16,18,20-21,27-29,35,37H,3,6,9-10,12,14,17,19H2,1-2H3,(H,38,42)/t27?,28?,29-/m0/s1. The molecule has 1 saturated carbocycles. The summed E-state index contributed by atoms with van der Waals surface area (Å²) < 4.78 is 31.8. The molecule has 42 heavy (non-hydrogen) atoms. The first-order valence-electron chi connectivity index (χ1n) is 14.7. The molecule has 3 atom stereocenters. The molecule has 3 N–H and O–H groups in total. The molecule has 0 saturated heterocycles. The monoisotopic (exact) mass is 575 g/mol. The van der Waals surface area contributed by atoms with Gasteiger partial charge in [0.25, 0.3) is 0 Å². The molecule has 1 amide bonds. The highest BCUT2D eigenvalue weighted by atomic mass is 19.1. The summed E-state index contributed by atoms with van der Waals surface area (Å²) in [6, 6.07) is 9.66. The number of benzene rings is 1. The Hall–Kier alpha value is -3.89. The Labute approximate surface area is 245 Å². The van der Waals surface area contributed by atoms with Crippen molar-refractivity contribution in [2.24, 2.45) is 0 Å². The first kappa shape index (κ1) is 29.6. The van der Waals surface area contributed by atoms with Gasteiger partial charge in [0.2, 0.25) is 5.91 Å². The molecule has 2 aromatic heterocycles. The van der Waals surface area contributed by atoms with Crippen LogP contribution in [0, 0.1) is 6.92 Å². The van der Waals surface area contributed by atoms with E-state index in [1.54, 1.807) is 6.33 Å². The number of para-hydroxylation sites is 1. The molecule has 10 heteroatoms. The second kappa shape index (κ2) is 13.8. The molecule has 222 valence electrons. The highest BCUT2D eigenvalue weighted by Crippen LogP contribution is 2.33. The maximum absolute atomic E-state index is 14.1. The number of anilines is 1. The predicted octanol–water partition coefficient (Wildman–Crippen LogP) is 5.47. The van der Waals surface area contributed by atoms with Crippen LogP contribution in [0.1, 0.15) is 50.3 Å². The summed E-state index contributed by atoms with van der Waals surface area (Å²) in [7, 11) is 0. The van der Waals surface area contributed by atoms with Crippen LogP contribution in [-0.2, 0) is 17.9 Å². The molecule has 2 aliphatic rings. The Kier molecular flexibility index (Phi) is 9.76. The Balaban J connectivity index is 1.18. The number of aromatic nitrogens is 4. The van der Waals surface area contributed by atoms with Crippen LogP contribution in [0.5, 0.6) is 0 Å². The van der Waals surface area contributed by atoms with Gasteiger partial charge in [-0.3, -0.25) is 9.48 Å². The molecule has 0 radical (unpaired) electrons. The normalized spacial score (nSPS) is 19.3. The largest absolute Gasteiger partial charge is 0.311 e. The van der Waals surface area contributed by atoms with Gasteiger partial charge in [0.15, 0.2) is 5.82 Å². The summed E-state index contributed by atoms with van der Waals surface area (Å²) in [5.74, 6) is -0.211. The zero-order valence-corrected chi connectivity index (χ0v) is 24.2. The lowest BCUT2D eigenvalue weighted by atomic mass is 9.85. The fourth-order valence-electron chi connectivity index (χ4n) is 5.59. The number of allylic oxidation sites excluding steroid dienone is 5. The number of carbonyl (C=O) groups is 1. The van der Waals surface area contributed by atoms with Crippen LogP contribution in [-0.4, -0.2) is 50.0 Å². The van der Waals surface area contributed by atoms with Crippen LogP contribution < -0.4 is 16.0 Å². The lowest BCUT2D eigenvalue weighted by molar-refractivity contribution is -0.118. The number of fused-ring (bicyclic) bond motifs is 1. The van der Waals surface area contributed by atoms with Crippen molar-refractivity contribution in [3.63, 3.8) is 0 Å². The van der Waals surface area contributed by atoms with E-state index in [1.165, 1.54) is 12.2 Å². The Bertz CT molecular complexity index is 1470. The molecule has 5 rings (SSSR count). The highest BCUT2D eigenvalue weighted by Gasteiger charge is 2.28. The van der Waals surface area contributed by atoms with Gasteiger partial charge in [0.05, 0.1) is 30.2 Å². The van der Waals surface area contributed by atoms with Crippen molar-refractivity contribution >= 4 is 11.7 Å². The molecule has 0 aliphatic heterocycles. The van der Waals surface area contributed by atoms with Gasteiger partial charge in [-0.2, -0.15) is 5.10 Å². The van der Waals surface area contributed by atoms with E-state index < -0.39 is 18.0 Å². The molecule has 1 aromatic carbocycles. The van der Waals surface area contributed by atoms with Crippen LogP contribution in [0.15, 0.2) is 84.3 Å². The van der Waals surface area contributed by atoms with Crippen molar-refractivity contribution in [3.05, 3.63) is 95.5 Å². The average molecular weight is 576 g/mol. The van der Waals surface area contributed by atoms with Crippen LogP contribution >= 0.6 is 0 Å². The number of imidazole rings is 1. The van der Waals surface area contributed by atoms with Gasteiger partial charge in [-0.15, -0.1) is 0 Å². The number of hydrogen-bond acceptors (Lipinski definition) is 5. The fourth-order valence-corrected chi connectivity index (χ4v) is 5.59. The van der Waals surface area contributed by atoms with Crippen molar-refractivity contribution in [1.82, 2.24) is 30.0 Å². The minimum absolute atomic E-state index is 0.00156. The first-order chi connectivity index (χ1) is 20.4. The third kappa shape index (κ3) is 7.68. The van der Waals surface area contributed by atoms with Crippen LogP contribution in [0.3, 0.4) is 0 Å². The van der Waals surface area contributed by atoms with Crippen molar-refractivity contribution in [2.75, 3.05) is 11.9 Å². The van der Waals surface area contributed by atoms with E-state index in [0.29, 0.717) is 31.6 Å². The minimum Gasteiger partial charge on any atom is -0.311 e. The SMILES string of the molecule is CCC[C@H](NC1CCC2=CC(F)=CC(F)C=C2C1)C(=O)Nc1cn(-c2ccccc2CNCCn2ccc(C)n2)cn1. The van der Waals surface area contributed by atoms with Gasteiger partial charge < -0.3 is 20.5 Å². The summed E-state index contributed by atoms with van der Waals surface area (Å²) in [6.45, 7) is 6.26. The zero-order chi connectivity index (χ0) is 29.5. The number of nitrogens with one attached hydrogen (secondary N) is 3. The molecular formula is C32H39F2N7O. The number of rotatable bonds is 12. The topological polar surface area (TPSA) is 88.8 Å². The molecule has 2 unspecified atom stereocenters. The van der Waals surface area contributed by atoms with Gasteiger partial charge in [-0.25, -0.2) is 13.8 Å². The van der Waals surface area contributed by atoms with E-state index in [-0.39, 0.29) is 11.9 Å². The van der Waals surface area contributed by atoms with E-state index in [0.717, 1.165) is 60.1 Å². The molecule has 2 aliphatic carbocycles. The summed E-state index contributed by atoms with van der Waals surface area (Å²) in [6.07, 6.45) is 11.4. The van der Waals surface area contributed by atoms with Crippen LogP contribution in [0.2, 0.25) is 0 Å². The minimum atomic E-state index is -1.44. The first-order valence-corrected chi connectivity index (χ1v) is 14.7. The lowest BCUT2D eigenvalue weighted by Crippen LogP contribution is -2.47. The number of carbonyl (C=O) groups excluding carboxylic acids is 1. The molecule has 2 heterocycles. The van der Waals surface area contributed by atoms with E-state index in [4.69, 9.17) is 0 Å². The van der Waals surface area contributed by atoms with Crippen molar-refractivity contribution in [3.8, 4) is 5.69 Å². The van der Waals surface area contributed by atoms with Crippen LogP contribution in [0.4, 0.5) is 14.6 Å². The van der Waals surface area contributed by atoms with E-state index in [2.05, 4.69) is 32.1 Å². The van der Waals surface area contributed by atoms with Crippen molar-refractivity contribution in [1.29, 1.82) is 0 Å². The zero-order valence-electron chi connectivity index (χ0n) is 24.2. The Morgan fingerprint density at radius 2 is 2.05 bits per heavy atom. The van der Waals surface area contributed by atoms with Gasteiger partial charge in [0.1, 0.15) is 18.3 Å². The summed E-state index contributed by atoms with van der Waals surface area (Å²) in [4.78, 5) is 17.8. The van der Waals surface area contributed by atoms with Gasteiger partial charge in [-0.05, 0) is 79.7 Å². The maximum atomic E-state index is 14.1. The highest BCUT2D eigenvalue weighted by molar-refractivity contribution is 5.94. The second-order valence-electron chi connectivity index (χ2n) is 11.0. The fraction of sp³-hybridized carbons (Fsp3) is 0.406. The van der Waals surface area contributed by atoms with Crippen molar-refractivity contribution in [2.45, 2.75) is 77.3 Å². The van der Waals surface area contributed by atoms with E-state index >= 15 is 0 Å². The molecule has 0 bridgehead atoms. The number of hydrogen-bond donors (Lipinski definition) is 3. The maximum Gasteiger partial charge on any atom is 0.242 e. The number of halogens is 2. The summed E-state index contributed by atoms with van der Waals surface area (Å²) in [5.41, 5.74) is 4.75. The van der Waals surface area contributed by atoms with Crippen molar-refractivity contribution < 1.29 is 13.6 Å². The second-order valence-corrected chi connectivity index (χ2v) is 11.0.